The van der Waals surface area contributed by atoms with E-state index in [2.05, 4.69) is 12.2 Å². The molecule has 1 unspecified atom stereocenters. The van der Waals surface area contributed by atoms with Crippen molar-refractivity contribution in [3.8, 4) is 0 Å². The minimum Gasteiger partial charge on any atom is -0.467 e. The average Bonchev–Trinajstić information content (AvgIpc) is 2.59. The fourth-order valence-corrected chi connectivity index (χ4v) is 1.91. The predicted molar refractivity (Wildman–Crippen MR) is 89.6 cm³/mol. The highest BCUT2D eigenvalue weighted by Crippen LogP contribution is 2.05. The summed E-state index contributed by atoms with van der Waals surface area (Å²) in [5, 5.41) is 2.64. The van der Waals surface area contributed by atoms with Crippen LogP contribution < -0.4 is 11.1 Å². The molecule has 0 aliphatic rings. The summed E-state index contributed by atoms with van der Waals surface area (Å²) in [5.41, 5.74) is 5.28. The fourth-order valence-electron chi connectivity index (χ4n) is 1.91. The first-order chi connectivity index (χ1) is 11.7. The molecule has 8 nitrogen and oxygen atoms in total. The third-order valence-corrected chi connectivity index (χ3v) is 3.16. The molecule has 0 aliphatic carbocycles. The summed E-state index contributed by atoms with van der Waals surface area (Å²) < 4.78 is 20.3. The van der Waals surface area contributed by atoms with Gasteiger partial charge < -0.3 is 30.0 Å². The molecule has 1 amide bonds. The third kappa shape index (κ3) is 13.2. The van der Waals surface area contributed by atoms with Gasteiger partial charge in [0, 0.05) is 6.54 Å². The molecule has 0 fully saturated rings. The average molecular weight is 348 g/mol. The molecular formula is C16H32N2O6. The van der Waals surface area contributed by atoms with Gasteiger partial charge in [-0.25, -0.2) is 4.79 Å². The van der Waals surface area contributed by atoms with Crippen LogP contribution in [-0.2, 0) is 28.5 Å². The van der Waals surface area contributed by atoms with Crippen molar-refractivity contribution in [2.24, 2.45) is 5.73 Å². The van der Waals surface area contributed by atoms with Gasteiger partial charge in [0.05, 0.1) is 40.1 Å². The number of rotatable bonds is 16. The van der Waals surface area contributed by atoms with E-state index in [0.717, 1.165) is 19.3 Å². The van der Waals surface area contributed by atoms with Gasteiger partial charge in [-0.05, 0) is 6.42 Å². The van der Waals surface area contributed by atoms with Gasteiger partial charge >= 0.3 is 5.97 Å². The van der Waals surface area contributed by atoms with Gasteiger partial charge in [-0.3, -0.25) is 4.79 Å². The Morgan fingerprint density at radius 3 is 2.21 bits per heavy atom. The number of hydrogen-bond acceptors (Lipinski definition) is 7. The predicted octanol–water partition coefficient (Wildman–Crippen LogP) is 0.233. The first-order valence-electron chi connectivity index (χ1n) is 8.46. The van der Waals surface area contributed by atoms with Gasteiger partial charge in [-0.15, -0.1) is 0 Å². The maximum atomic E-state index is 11.8. The lowest BCUT2D eigenvalue weighted by molar-refractivity contribution is -0.146. The van der Waals surface area contributed by atoms with Crippen molar-refractivity contribution in [2.75, 3.05) is 53.3 Å². The van der Waals surface area contributed by atoms with Crippen molar-refractivity contribution >= 4 is 11.9 Å². The lowest BCUT2D eigenvalue weighted by Gasteiger charge is -2.16. The topological polar surface area (TPSA) is 109 Å². The van der Waals surface area contributed by atoms with E-state index in [1.165, 1.54) is 7.11 Å². The number of hydrogen-bond donors (Lipinski definition) is 2. The lowest BCUT2D eigenvalue weighted by atomic mass is 10.1. The molecule has 8 heteroatoms. The zero-order valence-corrected chi connectivity index (χ0v) is 14.9. The van der Waals surface area contributed by atoms with Crippen LogP contribution in [0.5, 0.6) is 0 Å². The second-order valence-electron chi connectivity index (χ2n) is 5.21. The van der Waals surface area contributed by atoms with Gasteiger partial charge in [-0.1, -0.05) is 26.2 Å². The molecule has 0 saturated heterocycles. The number of unbranched alkanes of at least 4 members (excludes halogenated alkanes) is 2. The van der Waals surface area contributed by atoms with Crippen molar-refractivity contribution < 1.29 is 28.5 Å². The summed E-state index contributed by atoms with van der Waals surface area (Å²) in [6.45, 7) is 4.57. The number of methoxy groups -OCH3 is 1. The highest BCUT2D eigenvalue weighted by molar-refractivity contribution is 5.84. The molecule has 0 bridgehead atoms. The third-order valence-electron chi connectivity index (χ3n) is 3.16. The summed E-state index contributed by atoms with van der Waals surface area (Å²) in [6, 6.07) is -0.617. The largest absolute Gasteiger partial charge is 0.467 e. The van der Waals surface area contributed by atoms with Crippen LogP contribution in [0.4, 0.5) is 0 Å². The second kappa shape index (κ2) is 16.6. The van der Waals surface area contributed by atoms with E-state index in [1.807, 2.05) is 0 Å². The number of nitrogens with one attached hydrogen (secondary N) is 1. The van der Waals surface area contributed by atoms with Crippen molar-refractivity contribution in [2.45, 2.75) is 38.6 Å². The van der Waals surface area contributed by atoms with E-state index in [4.69, 9.17) is 24.7 Å². The molecule has 0 aromatic heterocycles. The molecule has 142 valence electrons. The molecule has 0 spiro atoms. The summed E-state index contributed by atoms with van der Waals surface area (Å²) >= 11 is 0. The number of carbonyl (C=O) groups is 2. The van der Waals surface area contributed by atoms with E-state index in [0.29, 0.717) is 46.0 Å². The zero-order valence-electron chi connectivity index (χ0n) is 14.9. The van der Waals surface area contributed by atoms with Crippen LogP contribution in [0.2, 0.25) is 0 Å². The van der Waals surface area contributed by atoms with Crippen LogP contribution in [0.1, 0.15) is 32.6 Å². The summed E-state index contributed by atoms with van der Waals surface area (Å²) in [6.07, 6.45) is 3.48. The van der Waals surface area contributed by atoms with E-state index in [9.17, 15) is 9.59 Å². The fraction of sp³-hybridized carbons (Fsp3) is 0.875. The van der Waals surface area contributed by atoms with Gasteiger partial charge in [0.25, 0.3) is 0 Å². The summed E-state index contributed by atoms with van der Waals surface area (Å²) in [5.74, 6) is -0.770. The SMILES string of the molecule is CCCCCC(NC(=O)COCCOCCOCCN)C(=O)OC. The van der Waals surface area contributed by atoms with E-state index < -0.39 is 12.0 Å². The van der Waals surface area contributed by atoms with Crippen molar-refractivity contribution in [3.63, 3.8) is 0 Å². The molecular weight excluding hydrogens is 316 g/mol. The Kier molecular flexibility index (Phi) is 15.8. The first kappa shape index (κ1) is 22.8. The molecule has 24 heavy (non-hydrogen) atoms. The standard InChI is InChI=1S/C16H32N2O6/c1-3-4-5-6-14(16(20)21-2)18-15(19)13-24-12-11-23-10-9-22-8-7-17/h14H,3-13,17H2,1-2H3,(H,18,19). The molecule has 3 N–H and O–H groups in total. The molecule has 0 aliphatic heterocycles. The Balaban J connectivity index is 3.74. The Morgan fingerprint density at radius 2 is 1.62 bits per heavy atom. The number of amides is 1. The minimum atomic E-state index is -0.617. The van der Waals surface area contributed by atoms with E-state index >= 15 is 0 Å². The quantitative estimate of drug-likeness (QED) is 0.304. The Morgan fingerprint density at radius 1 is 1.00 bits per heavy atom. The van der Waals surface area contributed by atoms with Crippen molar-refractivity contribution in [1.29, 1.82) is 0 Å². The maximum absolute atomic E-state index is 11.8. The molecule has 0 rings (SSSR count). The Bertz CT molecular complexity index is 328. The van der Waals surface area contributed by atoms with Crippen molar-refractivity contribution in [3.05, 3.63) is 0 Å². The number of esters is 1. The van der Waals surface area contributed by atoms with E-state index in [1.54, 1.807) is 0 Å². The molecule has 0 saturated carbocycles. The molecule has 0 aromatic carbocycles. The van der Waals surface area contributed by atoms with Gasteiger partial charge in [-0.2, -0.15) is 0 Å². The summed E-state index contributed by atoms with van der Waals surface area (Å²) in [4.78, 5) is 23.4. The molecule has 1 atom stereocenters. The Hall–Kier alpha value is -1.22. The number of nitrogens with two attached hydrogens (primary N) is 1. The smallest absolute Gasteiger partial charge is 0.328 e. The van der Waals surface area contributed by atoms with Crippen LogP contribution >= 0.6 is 0 Å². The second-order valence-corrected chi connectivity index (χ2v) is 5.21. The number of carbonyl (C=O) groups excluding carboxylic acids is 2. The Labute approximate surface area is 144 Å². The summed E-state index contributed by atoms with van der Waals surface area (Å²) in [7, 11) is 1.31. The highest BCUT2D eigenvalue weighted by atomic mass is 16.5. The highest BCUT2D eigenvalue weighted by Gasteiger charge is 2.20. The van der Waals surface area contributed by atoms with Gasteiger partial charge in [0.1, 0.15) is 12.6 Å². The van der Waals surface area contributed by atoms with Crippen LogP contribution in [0, 0.1) is 0 Å². The van der Waals surface area contributed by atoms with Crippen LogP contribution in [0.15, 0.2) is 0 Å². The van der Waals surface area contributed by atoms with Crippen LogP contribution in [-0.4, -0.2) is 71.2 Å². The lowest BCUT2D eigenvalue weighted by Crippen LogP contribution is -2.43. The van der Waals surface area contributed by atoms with Crippen molar-refractivity contribution in [1.82, 2.24) is 5.32 Å². The molecule has 0 radical (unpaired) electrons. The number of ether oxygens (including phenoxy) is 4. The maximum Gasteiger partial charge on any atom is 0.328 e. The first-order valence-corrected chi connectivity index (χ1v) is 8.46. The normalized spacial score (nSPS) is 12.0. The molecule has 0 aromatic rings. The monoisotopic (exact) mass is 348 g/mol. The molecule has 0 heterocycles. The minimum absolute atomic E-state index is 0.117. The van der Waals surface area contributed by atoms with Crippen LogP contribution in [0.3, 0.4) is 0 Å². The van der Waals surface area contributed by atoms with Gasteiger partial charge in [0.2, 0.25) is 5.91 Å². The van der Waals surface area contributed by atoms with Crippen LogP contribution in [0.25, 0.3) is 0 Å². The van der Waals surface area contributed by atoms with E-state index in [-0.39, 0.29) is 12.5 Å². The van der Waals surface area contributed by atoms with Gasteiger partial charge in [0.15, 0.2) is 0 Å². The zero-order chi connectivity index (χ0) is 18.0.